The topological polar surface area (TPSA) is 41.1 Å². The van der Waals surface area contributed by atoms with E-state index in [2.05, 4.69) is 41.8 Å². The van der Waals surface area contributed by atoms with E-state index in [0.717, 1.165) is 17.7 Å². The van der Waals surface area contributed by atoms with Gasteiger partial charge >= 0.3 is 6.03 Å². The Bertz CT molecular complexity index is 792. The van der Waals surface area contributed by atoms with Gasteiger partial charge in [0.15, 0.2) is 0 Å². The monoisotopic (exact) mass is 344 g/mol. The van der Waals surface area contributed by atoms with Gasteiger partial charge in [-0.2, -0.15) is 0 Å². The van der Waals surface area contributed by atoms with Gasteiger partial charge in [-0.3, -0.25) is 0 Å². The molecule has 0 aliphatic carbocycles. The third-order valence-corrected chi connectivity index (χ3v) is 4.52. The molecule has 0 unspecified atom stereocenters. The lowest BCUT2D eigenvalue weighted by atomic mass is 9.91. The van der Waals surface area contributed by atoms with Gasteiger partial charge in [0, 0.05) is 18.2 Å². The Balaban J connectivity index is 1.71. The average Bonchev–Trinajstić information content (AvgIpc) is 2.70. The van der Waals surface area contributed by atoms with Gasteiger partial charge < -0.3 is 10.6 Å². The van der Waals surface area contributed by atoms with Crippen molar-refractivity contribution < 1.29 is 4.79 Å². The molecular formula is C23H24N2O. The second-order valence-corrected chi connectivity index (χ2v) is 6.22. The SMILES string of the molecule is CCc1ccccc1NC(=O)NCC(c1ccccc1)c1ccccc1. The molecule has 0 heterocycles. The second-order valence-electron chi connectivity index (χ2n) is 6.22. The molecule has 3 nitrogen and oxygen atoms in total. The Morgan fingerprint density at radius 3 is 1.92 bits per heavy atom. The summed E-state index contributed by atoms with van der Waals surface area (Å²) in [4.78, 5) is 12.4. The van der Waals surface area contributed by atoms with E-state index in [0.29, 0.717) is 6.54 Å². The summed E-state index contributed by atoms with van der Waals surface area (Å²) in [5.41, 5.74) is 4.37. The summed E-state index contributed by atoms with van der Waals surface area (Å²) in [6.45, 7) is 2.62. The van der Waals surface area contributed by atoms with Crippen LogP contribution in [-0.2, 0) is 6.42 Å². The van der Waals surface area contributed by atoms with Crippen molar-refractivity contribution in [3.63, 3.8) is 0 Å². The van der Waals surface area contributed by atoms with E-state index in [1.165, 1.54) is 11.1 Å². The van der Waals surface area contributed by atoms with Crippen LogP contribution >= 0.6 is 0 Å². The number of para-hydroxylation sites is 1. The summed E-state index contributed by atoms with van der Waals surface area (Å²) in [5, 5.41) is 6.00. The van der Waals surface area contributed by atoms with Crippen molar-refractivity contribution in [1.29, 1.82) is 0 Å². The van der Waals surface area contributed by atoms with E-state index >= 15 is 0 Å². The van der Waals surface area contributed by atoms with Gasteiger partial charge in [-0.25, -0.2) is 4.79 Å². The molecule has 3 aromatic carbocycles. The van der Waals surface area contributed by atoms with Gasteiger partial charge in [0.05, 0.1) is 0 Å². The Morgan fingerprint density at radius 2 is 1.35 bits per heavy atom. The highest BCUT2D eigenvalue weighted by Gasteiger charge is 2.15. The van der Waals surface area contributed by atoms with Crippen LogP contribution in [0.4, 0.5) is 10.5 Å². The van der Waals surface area contributed by atoms with Gasteiger partial charge in [0.2, 0.25) is 0 Å². The first-order valence-corrected chi connectivity index (χ1v) is 9.00. The standard InChI is InChI=1S/C23H24N2O/c1-2-18-11-9-10-16-22(18)25-23(26)24-17-21(19-12-5-3-6-13-19)20-14-7-4-8-15-20/h3-16,21H,2,17H2,1H3,(H2,24,25,26). The number of carbonyl (C=O) groups is 1. The zero-order valence-electron chi connectivity index (χ0n) is 15.0. The van der Waals surface area contributed by atoms with Crippen LogP contribution in [0.1, 0.15) is 29.5 Å². The molecule has 3 aromatic rings. The Morgan fingerprint density at radius 1 is 0.808 bits per heavy atom. The lowest BCUT2D eigenvalue weighted by molar-refractivity contribution is 0.252. The molecule has 0 atom stereocenters. The predicted molar refractivity (Wildman–Crippen MR) is 108 cm³/mol. The van der Waals surface area contributed by atoms with Gasteiger partial charge in [-0.05, 0) is 29.2 Å². The van der Waals surface area contributed by atoms with E-state index in [4.69, 9.17) is 0 Å². The van der Waals surface area contributed by atoms with Crippen molar-refractivity contribution >= 4 is 11.7 Å². The minimum absolute atomic E-state index is 0.115. The van der Waals surface area contributed by atoms with Crippen molar-refractivity contribution in [2.24, 2.45) is 0 Å². The van der Waals surface area contributed by atoms with Crippen LogP contribution < -0.4 is 10.6 Å². The number of aryl methyl sites for hydroxylation is 1. The zero-order chi connectivity index (χ0) is 18.2. The molecule has 2 N–H and O–H groups in total. The normalized spacial score (nSPS) is 10.5. The summed E-state index contributed by atoms with van der Waals surface area (Å²) in [7, 11) is 0. The first-order chi connectivity index (χ1) is 12.8. The summed E-state index contributed by atoms with van der Waals surface area (Å²) in [6, 6.07) is 28.3. The molecule has 0 spiro atoms. The number of hydrogen-bond donors (Lipinski definition) is 2. The van der Waals surface area contributed by atoms with Crippen LogP contribution in [0.3, 0.4) is 0 Å². The first kappa shape index (κ1) is 17.7. The molecule has 0 saturated heterocycles. The average molecular weight is 344 g/mol. The van der Waals surface area contributed by atoms with Gasteiger partial charge in [0.1, 0.15) is 0 Å². The summed E-state index contributed by atoms with van der Waals surface area (Å²) in [5.74, 6) is 0.115. The van der Waals surface area contributed by atoms with Crippen molar-refractivity contribution in [2.75, 3.05) is 11.9 Å². The van der Waals surface area contributed by atoms with Crippen LogP contribution in [0.15, 0.2) is 84.9 Å². The number of rotatable bonds is 6. The number of amides is 2. The predicted octanol–water partition coefficient (Wildman–Crippen LogP) is 5.20. The summed E-state index contributed by atoms with van der Waals surface area (Å²) >= 11 is 0. The van der Waals surface area contributed by atoms with Crippen LogP contribution in [-0.4, -0.2) is 12.6 Å². The molecule has 0 saturated carbocycles. The minimum Gasteiger partial charge on any atom is -0.337 e. The zero-order valence-corrected chi connectivity index (χ0v) is 15.0. The molecule has 0 fully saturated rings. The third-order valence-electron chi connectivity index (χ3n) is 4.52. The maximum atomic E-state index is 12.4. The number of anilines is 1. The Kier molecular flexibility index (Phi) is 6.05. The highest BCUT2D eigenvalue weighted by Crippen LogP contribution is 2.23. The fourth-order valence-electron chi connectivity index (χ4n) is 3.11. The smallest absolute Gasteiger partial charge is 0.319 e. The molecule has 0 bridgehead atoms. The molecule has 0 aromatic heterocycles. The summed E-state index contributed by atoms with van der Waals surface area (Å²) in [6.07, 6.45) is 0.882. The molecule has 3 heteroatoms. The summed E-state index contributed by atoms with van der Waals surface area (Å²) < 4.78 is 0. The minimum atomic E-state index is -0.178. The molecule has 132 valence electrons. The largest absolute Gasteiger partial charge is 0.337 e. The lowest BCUT2D eigenvalue weighted by Gasteiger charge is -2.19. The highest BCUT2D eigenvalue weighted by atomic mass is 16.2. The van der Waals surface area contributed by atoms with Crippen molar-refractivity contribution in [1.82, 2.24) is 5.32 Å². The maximum Gasteiger partial charge on any atom is 0.319 e. The van der Waals surface area contributed by atoms with E-state index < -0.39 is 0 Å². The lowest BCUT2D eigenvalue weighted by Crippen LogP contribution is -2.33. The van der Waals surface area contributed by atoms with Crippen LogP contribution in [0.25, 0.3) is 0 Å². The van der Waals surface area contributed by atoms with Crippen LogP contribution in [0.5, 0.6) is 0 Å². The van der Waals surface area contributed by atoms with Crippen molar-refractivity contribution in [2.45, 2.75) is 19.3 Å². The molecule has 0 radical (unpaired) electrons. The molecule has 0 aliphatic rings. The number of hydrogen-bond acceptors (Lipinski definition) is 1. The number of urea groups is 1. The number of carbonyl (C=O) groups excluding carboxylic acids is 1. The van der Waals surface area contributed by atoms with Gasteiger partial charge in [-0.15, -0.1) is 0 Å². The van der Waals surface area contributed by atoms with E-state index in [-0.39, 0.29) is 11.9 Å². The molecular weight excluding hydrogens is 320 g/mol. The fraction of sp³-hybridized carbons (Fsp3) is 0.174. The van der Waals surface area contributed by atoms with E-state index in [9.17, 15) is 4.79 Å². The molecule has 3 rings (SSSR count). The van der Waals surface area contributed by atoms with Gasteiger partial charge in [0.25, 0.3) is 0 Å². The van der Waals surface area contributed by atoms with Gasteiger partial charge in [-0.1, -0.05) is 85.8 Å². The first-order valence-electron chi connectivity index (χ1n) is 9.00. The van der Waals surface area contributed by atoms with Crippen molar-refractivity contribution in [3.05, 3.63) is 102 Å². The third kappa shape index (κ3) is 4.51. The fourth-order valence-corrected chi connectivity index (χ4v) is 3.11. The number of benzene rings is 3. The highest BCUT2D eigenvalue weighted by molar-refractivity contribution is 5.90. The van der Waals surface area contributed by atoms with E-state index in [1.54, 1.807) is 0 Å². The Hall–Kier alpha value is -3.07. The number of nitrogens with one attached hydrogen (secondary N) is 2. The van der Waals surface area contributed by atoms with Crippen LogP contribution in [0, 0.1) is 0 Å². The van der Waals surface area contributed by atoms with E-state index in [1.807, 2.05) is 60.7 Å². The maximum absolute atomic E-state index is 12.4. The van der Waals surface area contributed by atoms with Crippen LogP contribution in [0.2, 0.25) is 0 Å². The molecule has 26 heavy (non-hydrogen) atoms. The quantitative estimate of drug-likeness (QED) is 0.634. The second kappa shape index (κ2) is 8.86. The Labute approximate surface area is 155 Å². The van der Waals surface area contributed by atoms with Crippen molar-refractivity contribution in [3.8, 4) is 0 Å². The molecule has 0 aliphatic heterocycles. The molecule has 2 amide bonds.